The van der Waals surface area contributed by atoms with Crippen LogP contribution in [0.4, 0.5) is 13.2 Å². The first-order chi connectivity index (χ1) is 19.3. The van der Waals surface area contributed by atoms with Gasteiger partial charge in [0.2, 0.25) is 0 Å². The van der Waals surface area contributed by atoms with E-state index in [0.29, 0.717) is 28.7 Å². The van der Waals surface area contributed by atoms with Crippen LogP contribution in [0.2, 0.25) is 0 Å². The molecule has 0 aliphatic heterocycles. The highest BCUT2D eigenvalue weighted by atomic mass is 19.4. The minimum atomic E-state index is -4.37. The Morgan fingerprint density at radius 3 is 2.33 bits per heavy atom. The van der Waals surface area contributed by atoms with Gasteiger partial charge in [-0.3, -0.25) is 0 Å². The van der Waals surface area contributed by atoms with Crippen LogP contribution in [0.25, 0.3) is 11.0 Å². The highest BCUT2D eigenvalue weighted by Gasteiger charge is 2.33. The second kappa shape index (κ2) is 10.2. The van der Waals surface area contributed by atoms with Gasteiger partial charge < -0.3 is 14.3 Å². The van der Waals surface area contributed by atoms with Gasteiger partial charge in [-0.2, -0.15) is 13.2 Å². The smallest absolute Gasteiger partial charge is 0.416 e. The molecule has 5 aromatic rings. The molecule has 1 heterocycles. The molecule has 1 aliphatic carbocycles. The van der Waals surface area contributed by atoms with Crippen molar-refractivity contribution in [2.75, 3.05) is 0 Å². The summed E-state index contributed by atoms with van der Waals surface area (Å²) in [6.07, 6.45) is -2.98. The lowest BCUT2D eigenvalue weighted by Gasteiger charge is -2.32. The van der Waals surface area contributed by atoms with Crippen LogP contribution in [0, 0.1) is 0 Å². The molecule has 4 nitrogen and oxygen atoms in total. The number of fused-ring (bicyclic) bond motifs is 2. The van der Waals surface area contributed by atoms with Gasteiger partial charge in [-0.1, -0.05) is 60.7 Å². The van der Waals surface area contributed by atoms with Gasteiger partial charge >= 0.3 is 11.8 Å². The van der Waals surface area contributed by atoms with Crippen LogP contribution < -0.4 is 10.4 Å². The van der Waals surface area contributed by atoms with E-state index in [9.17, 15) is 23.1 Å². The van der Waals surface area contributed by atoms with Crippen molar-refractivity contribution in [3.63, 3.8) is 0 Å². The Morgan fingerprint density at radius 1 is 0.875 bits per heavy atom. The Morgan fingerprint density at radius 2 is 1.57 bits per heavy atom. The monoisotopic (exact) mass is 542 g/mol. The van der Waals surface area contributed by atoms with E-state index < -0.39 is 17.4 Å². The molecule has 6 rings (SSSR count). The Labute approximate surface area is 228 Å². The van der Waals surface area contributed by atoms with Gasteiger partial charge in [0.25, 0.3) is 0 Å². The van der Waals surface area contributed by atoms with Gasteiger partial charge in [0.15, 0.2) is 0 Å². The van der Waals surface area contributed by atoms with Crippen LogP contribution in [0.15, 0.2) is 106 Å². The number of alkyl halides is 3. The molecule has 2 atom stereocenters. The highest BCUT2D eigenvalue weighted by Crippen LogP contribution is 2.45. The number of para-hydroxylation sites is 1. The van der Waals surface area contributed by atoms with Gasteiger partial charge in [0.1, 0.15) is 23.7 Å². The second-order valence-electron chi connectivity index (χ2n) is 10.1. The van der Waals surface area contributed by atoms with Crippen molar-refractivity contribution in [2.24, 2.45) is 0 Å². The maximum absolute atomic E-state index is 13.1. The minimum Gasteiger partial charge on any atom is -0.507 e. The van der Waals surface area contributed by atoms with Gasteiger partial charge in [-0.15, -0.1) is 0 Å². The van der Waals surface area contributed by atoms with Crippen molar-refractivity contribution in [3.05, 3.63) is 141 Å². The molecule has 0 saturated heterocycles. The molecule has 4 aromatic carbocycles. The summed E-state index contributed by atoms with van der Waals surface area (Å²) in [6.45, 7) is 0.146. The molecular weight excluding hydrogens is 517 g/mol. The van der Waals surface area contributed by atoms with Crippen LogP contribution in [0.5, 0.6) is 11.5 Å². The molecule has 0 amide bonds. The first kappa shape index (κ1) is 25.7. The number of hydrogen-bond donors (Lipinski definition) is 1. The maximum atomic E-state index is 13.1. The molecule has 0 fully saturated rings. The number of benzene rings is 4. The fourth-order valence-electron chi connectivity index (χ4n) is 5.60. The third-order valence-corrected chi connectivity index (χ3v) is 7.62. The summed E-state index contributed by atoms with van der Waals surface area (Å²) in [5, 5.41) is 11.7. The fraction of sp³-hybridized carbons (Fsp3) is 0.182. The van der Waals surface area contributed by atoms with Crippen LogP contribution in [0.1, 0.15) is 51.6 Å². The molecule has 1 N–H and O–H groups in total. The normalized spacial score (nSPS) is 17.0. The lowest BCUT2D eigenvalue weighted by atomic mass is 9.72. The molecule has 7 heteroatoms. The van der Waals surface area contributed by atoms with E-state index in [-0.39, 0.29) is 29.8 Å². The molecule has 40 heavy (non-hydrogen) atoms. The van der Waals surface area contributed by atoms with Crippen LogP contribution in [-0.4, -0.2) is 5.11 Å². The van der Waals surface area contributed by atoms with E-state index in [1.807, 2.05) is 42.5 Å². The summed E-state index contributed by atoms with van der Waals surface area (Å²) in [5.74, 6) is 0.295. The Kier molecular flexibility index (Phi) is 6.58. The maximum Gasteiger partial charge on any atom is 0.416 e. The summed E-state index contributed by atoms with van der Waals surface area (Å²) in [7, 11) is 0. The average Bonchev–Trinajstić information content (AvgIpc) is 2.96. The predicted molar refractivity (Wildman–Crippen MR) is 146 cm³/mol. The van der Waals surface area contributed by atoms with E-state index in [0.717, 1.165) is 35.2 Å². The third kappa shape index (κ3) is 4.95. The predicted octanol–water partition coefficient (Wildman–Crippen LogP) is 7.96. The van der Waals surface area contributed by atoms with Crippen molar-refractivity contribution in [1.29, 1.82) is 0 Å². The van der Waals surface area contributed by atoms with E-state index in [1.165, 1.54) is 12.1 Å². The molecule has 202 valence electrons. The Hall–Kier alpha value is -4.52. The molecule has 0 radical (unpaired) electrons. The standard InChI is InChI=1S/C33H25F3O4/c34-33(35,36)24-13-9-20(10-14-24)19-39-25-15-11-21(12-16-25)23-17-22-5-1-2-6-26(22)28(18-23)30-31(37)27-7-3-4-8-29(27)40-32(30)38/h1-16,23,28,37H,17-19H2/t23-,28+/m1/s1. The summed E-state index contributed by atoms with van der Waals surface area (Å²) >= 11 is 0. The largest absolute Gasteiger partial charge is 0.507 e. The lowest BCUT2D eigenvalue weighted by Crippen LogP contribution is -2.23. The zero-order valence-electron chi connectivity index (χ0n) is 21.3. The molecule has 0 bridgehead atoms. The summed E-state index contributed by atoms with van der Waals surface area (Å²) in [6, 6.07) is 27.5. The van der Waals surface area contributed by atoms with Crippen molar-refractivity contribution >= 4 is 11.0 Å². The molecule has 0 saturated carbocycles. The second-order valence-corrected chi connectivity index (χ2v) is 10.1. The number of hydrogen-bond acceptors (Lipinski definition) is 4. The number of ether oxygens (including phenoxy) is 1. The SMILES string of the molecule is O=c1oc2ccccc2c(O)c1[C@H]1C[C@H](c2ccc(OCc3ccc(C(F)(F)F)cc3)cc2)Cc2ccccc21. The van der Waals surface area contributed by atoms with Crippen LogP contribution in [0.3, 0.4) is 0 Å². The number of halogens is 3. The molecule has 0 unspecified atom stereocenters. The minimum absolute atomic E-state index is 0.0423. The lowest BCUT2D eigenvalue weighted by molar-refractivity contribution is -0.137. The highest BCUT2D eigenvalue weighted by molar-refractivity contribution is 5.84. The molecule has 1 aromatic heterocycles. The molecular formula is C33H25F3O4. The van der Waals surface area contributed by atoms with Crippen molar-refractivity contribution in [3.8, 4) is 11.5 Å². The Balaban J connectivity index is 1.24. The molecule has 1 aliphatic rings. The zero-order chi connectivity index (χ0) is 27.9. The van der Waals surface area contributed by atoms with Gasteiger partial charge in [-0.05, 0) is 77.4 Å². The average molecular weight is 543 g/mol. The van der Waals surface area contributed by atoms with Gasteiger partial charge in [-0.25, -0.2) is 4.79 Å². The fourth-order valence-corrected chi connectivity index (χ4v) is 5.60. The number of rotatable bonds is 5. The topological polar surface area (TPSA) is 59.7 Å². The number of aromatic hydroxyl groups is 1. The summed E-state index contributed by atoms with van der Waals surface area (Å²) < 4.78 is 49.8. The van der Waals surface area contributed by atoms with E-state index in [4.69, 9.17) is 9.15 Å². The quantitative estimate of drug-likeness (QED) is 0.229. The van der Waals surface area contributed by atoms with E-state index in [2.05, 4.69) is 6.07 Å². The summed E-state index contributed by atoms with van der Waals surface area (Å²) in [5.41, 5.74) is 3.20. The molecule has 0 spiro atoms. The van der Waals surface area contributed by atoms with E-state index in [1.54, 1.807) is 24.3 Å². The zero-order valence-corrected chi connectivity index (χ0v) is 21.3. The van der Waals surface area contributed by atoms with Crippen LogP contribution in [-0.2, 0) is 19.2 Å². The van der Waals surface area contributed by atoms with Crippen molar-refractivity contribution in [1.82, 2.24) is 0 Å². The first-order valence-electron chi connectivity index (χ1n) is 13.0. The first-order valence-corrected chi connectivity index (χ1v) is 13.0. The third-order valence-electron chi connectivity index (χ3n) is 7.62. The van der Waals surface area contributed by atoms with Crippen molar-refractivity contribution < 1.29 is 27.4 Å². The van der Waals surface area contributed by atoms with Gasteiger partial charge in [0, 0.05) is 5.92 Å². The van der Waals surface area contributed by atoms with Crippen LogP contribution >= 0.6 is 0 Å². The van der Waals surface area contributed by atoms with Crippen molar-refractivity contribution in [2.45, 2.75) is 37.5 Å². The Bertz CT molecular complexity index is 1720. The van der Waals surface area contributed by atoms with E-state index >= 15 is 0 Å². The van der Waals surface area contributed by atoms with Gasteiger partial charge in [0.05, 0.1) is 16.5 Å². The summed E-state index contributed by atoms with van der Waals surface area (Å²) in [4.78, 5) is 13.1.